The van der Waals surface area contributed by atoms with Crippen molar-refractivity contribution < 1.29 is 0 Å². The third kappa shape index (κ3) is 15.2. The summed E-state index contributed by atoms with van der Waals surface area (Å²) in [6, 6.07) is 0. The fourth-order valence-electron chi connectivity index (χ4n) is 2.57. The fraction of sp³-hybridized carbons (Fsp3) is 1.00. The van der Waals surface area contributed by atoms with Crippen molar-refractivity contribution in [2.45, 2.75) is 90.9 Å². The molecule has 0 N–H and O–H groups in total. The second kappa shape index (κ2) is 13.9. The SMILES string of the molecule is CCCCCCCCP(C)(=[Se])CCCCCCCC. The van der Waals surface area contributed by atoms with E-state index < -0.39 is 5.51 Å². The van der Waals surface area contributed by atoms with Crippen LogP contribution in [0.3, 0.4) is 0 Å². The van der Waals surface area contributed by atoms with Gasteiger partial charge >= 0.3 is 130 Å². The standard InChI is InChI=1S/C17H37PSe/c1-4-6-8-10-12-14-16-18(3,19)17-15-13-11-9-7-5-2/h4-17H2,1-3H3. The zero-order valence-electron chi connectivity index (χ0n) is 13.8. The van der Waals surface area contributed by atoms with Crippen molar-refractivity contribution in [3.8, 4) is 0 Å². The maximum absolute atomic E-state index is 3.57. The van der Waals surface area contributed by atoms with Gasteiger partial charge in [-0.2, -0.15) is 0 Å². The molecular formula is C17H37PSe. The van der Waals surface area contributed by atoms with Crippen LogP contribution < -0.4 is 0 Å². The molecule has 116 valence electrons. The van der Waals surface area contributed by atoms with Gasteiger partial charge in [0.1, 0.15) is 0 Å². The molecule has 0 saturated carbocycles. The van der Waals surface area contributed by atoms with E-state index in [9.17, 15) is 0 Å². The van der Waals surface area contributed by atoms with Gasteiger partial charge in [-0.05, 0) is 0 Å². The van der Waals surface area contributed by atoms with Crippen LogP contribution >= 0.6 is 5.51 Å². The molecule has 0 aliphatic rings. The van der Waals surface area contributed by atoms with Crippen molar-refractivity contribution in [1.82, 2.24) is 0 Å². The van der Waals surface area contributed by atoms with E-state index in [0.717, 1.165) is 0 Å². The fourth-order valence-corrected chi connectivity index (χ4v) is 6.20. The molecule has 0 spiro atoms. The molecule has 2 heteroatoms. The minimum atomic E-state index is -0.679. The van der Waals surface area contributed by atoms with Gasteiger partial charge in [0.05, 0.1) is 0 Å². The molecule has 0 aromatic carbocycles. The summed E-state index contributed by atoms with van der Waals surface area (Å²) < 4.78 is 0. The molecular weight excluding hydrogens is 314 g/mol. The van der Waals surface area contributed by atoms with Crippen LogP contribution in [0.1, 0.15) is 90.9 Å². The van der Waals surface area contributed by atoms with Gasteiger partial charge in [0.25, 0.3) is 0 Å². The summed E-state index contributed by atoms with van der Waals surface area (Å²) >= 11 is 3.57. The Kier molecular flexibility index (Phi) is 14.6. The van der Waals surface area contributed by atoms with Gasteiger partial charge in [0.15, 0.2) is 0 Å². The second-order valence-corrected chi connectivity index (χ2v) is 15.3. The summed E-state index contributed by atoms with van der Waals surface area (Å²) in [5, 5.41) is 0. The second-order valence-electron chi connectivity index (χ2n) is 6.28. The Morgan fingerprint density at radius 3 is 1.26 bits per heavy atom. The van der Waals surface area contributed by atoms with Crippen molar-refractivity contribution in [3.63, 3.8) is 0 Å². The molecule has 0 atom stereocenters. The predicted octanol–water partition coefficient (Wildman–Crippen LogP) is 6.44. The molecule has 0 saturated heterocycles. The van der Waals surface area contributed by atoms with Crippen LogP contribution in [0.4, 0.5) is 0 Å². The first-order chi connectivity index (χ1) is 9.12. The summed E-state index contributed by atoms with van der Waals surface area (Å²) in [6.45, 7) is 7.12. The third-order valence-electron chi connectivity index (χ3n) is 3.97. The molecule has 0 bridgehead atoms. The van der Waals surface area contributed by atoms with Crippen LogP contribution in [0.25, 0.3) is 0 Å². The Balaban J connectivity index is 3.39. The van der Waals surface area contributed by atoms with Crippen LogP contribution in [0, 0.1) is 0 Å². The summed E-state index contributed by atoms with van der Waals surface area (Å²) in [7, 11) is 0. The van der Waals surface area contributed by atoms with Gasteiger partial charge in [0, 0.05) is 0 Å². The molecule has 0 amide bonds. The van der Waals surface area contributed by atoms with Gasteiger partial charge in [0.2, 0.25) is 0 Å². The van der Waals surface area contributed by atoms with E-state index in [1.54, 1.807) is 0 Å². The van der Waals surface area contributed by atoms with Gasteiger partial charge in [-0.25, -0.2) is 0 Å². The topological polar surface area (TPSA) is 0 Å². The van der Waals surface area contributed by atoms with Crippen LogP contribution in [0.15, 0.2) is 0 Å². The van der Waals surface area contributed by atoms with Crippen molar-refractivity contribution >= 4 is 20.6 Å². The average Bonchev–Trinajstić information content (AvgIpc) is 2.38. The van der Waals surface area contributed by atoms with Crippen LogP contribution in [0.2, 0.25) is 0 Å². The van der Waals surface area contributed by atoms with Gasteiger partial charge in [-0.3, -0.25) is 0 Å². The van der Waals surface area contributed by atoms with E-state index in [-0.39, 0.29) is 0 Å². The van der Waals surface area contributed by atoms with Gasteiger partial charge < -0.3 is 0 Å². The van der Waals surface area contributed by atoms with Gasteiger partial charge in [-0.15, -0.1) is 0 Å². The van der Waals surface area contributed by atoms with Crippen molar-refractivity contribution in [3.05, 3.63) is 0 Å². The monoisotopic (exact) mass is 352 g/mol. The average molecular weight is 351 g/mol. The number of hydrogen-bond donors (Lipinski definition) is 0. The van der Waals surface area contributed by atoms with E-state index in [0.29, 0.717) is 0 Å². The Hall–Kier alpha value is 0.949. The zero-order chi connectivity index (χ0) is 14.4. The summed E-state index contributed by atoms with van der Waals surface area (Å²) in [5.74, 6) is 0. The Morgan fingerprint density at radius 2 is 0.895 bits per heavy atom. The number of rotatable bonds is 14. The molecule has 0 heterocycles. The number of unbranched alkanes of at least 4 members (excludes halogenated alkanes) is 10. The Labute approximate surface area is 130 Å². The van der Waals surface area contributed by atoms with Crippen LogP contribution in [-0.2, 0) is 0 Å². The molecule has 0 aliphatic carbocycles. The van der Waals surface area contributed by atoms with E-state index >= 15 is 0 Å². The van der Waals surface area contributed by atoms with Crippen molar-refractivity contribution in [2.75, 3.05) is 19.0 Å². The normalized spacial score (nSPS) is 11.9. The number of hydrogen-bond acceptors (Lipinski definition) is 0. The molecule has 0 radical (unpaired) electrons. The molecule has 19 heavy (non-hydrogen) atoms. The third-order valence-corrected chi connectivity index (χ3v) is 8.79. The maximum atomic E-state index is 3.57. The van der Waals surface area contributed by atoms with Crippen molar-refractivity contribution in [1.29, 1.82) is 0 Å². The quantitative estimate of drug-likeness (QED) is 0.192. The van der Waals surface area contributed by atoms with E-state index in [2.05, 4.69) is 35.6 Å². The first-order valence-electron chi connectivity index (χ1n) is 8.68. The van der Waals surface area contributed by atoms with Crippen LogP contribution in [0.5, 0.6) is 0 Å². The molecule has 0 unspecified atom stereocenters. The molecule has 0 aromatic rings. The predicted molar refractivity (Wildman–Crippen MR) is 95.1 cm³/mol. The van der Waals surface area contributed by atoms with Gasteiger partial charge in [-0.1, -0.05) is 0 Å². The molecule has 0 aromatic heterocycles. The minimum absolute atomic E-state index is 0.679. The molecule has 0 nitrogen and oxygen atoms in total. The first-order valence-corrected chi connectivity index (χ1v) is 13.5. The molecule has 0 rings (SSSR count). The zero-order valence-corrected chi connectivity index (χ0v) is 16.4. The first kappa shape index (κ1) is 19.9. The van der Waals surface area contributed by atoms with E-state index in [4.69, 9.17) is 0 Å². The van der Waals surface area contributed by atoms with Crippen LogP contribution in [-0.4, -0.2) is 34.1 Å². The summed E-state index contributed by atoms with van der Waals surface area (Å²) in [4.78, 5) is 0. The molecule has 0 fully saturated rings. The van der Waals surface area contributed by atoms with E-state index in [1.165, 1.54) is 89.4 Å². The van der Waals surface area contributed by atoms with Crippen molar-refractivity contribution in [2.24, 2.45) is 0 Å². The van der Waals surface area contributed by atoms with E-state index in [1.807, 2.05) is 0 Å². The molecule has 0 aliphatic heterocycles. The Bertz CT molecular complexity index is 205. The Morgan fingerprint density at radius 1 is 0.579 bits per heavy atom. The summed E-state index contributed by atoms with van der Waals surface area (Å²) in [6.07, 6.45) is 20.3. The summed E-state index contributed by atoms with van der Waals surface area (Å²) in [5.41, 5.74) is -0.679.